The van der Waals surface area contributed by atoms with Crippen LogP contribution in [0.2, 0.25) is 18.1 Å². The second kappa shape index (κ2) is 9.37. The average Bonchev–Trinajstić information content (AvgIpc) is 2.33. The van der Waals surface area contributed by atoms with Crippen LogP contribution in [-0.2, 0) is 9.22 Å². The molecule has 0 atom stereocenters. The first-order valence-electron chi connectivity index (χ1n) is 7.35. The zero-order valence-electron chi connectivity index (χ0n) is 12.6. The van der Waals surface area contributed by atoms with Gasteiger partial charge in [0.05, 0.1) is 0 Å². The first kappa shape index (κ1) is 17.4. The third-order valence-electron chi connectivity index (χ3n) is 3.24. The van der Waals surface area contributed by atoms with E-state index in [1.807, 2.05) is 0 Å². The molecule has 3 heteroatoms. The molecule has 0 N–H and O–H groups in total. The van der Waals surface area contributed by atoms with Crippen LogP contribution in [0.4, 0.5) is 0 Å². The van der Waals surface area contributed by atoms with Gasteiger partial charge in [-0.15, -0.1) is 0 Å². The molecule has 0 aromatic heterocycles. The van der Waals surface area contributed by atoms with E-state index in [9.17, 15) is 4.79 Å². The smallest absolute Gasteiger partial charge is 0.316 e. The molecule has 0 aliphatic rings. The van der Waals surface area contributed by atoms with E-state index >= 15 is 0 Å². The monoisotopic (exact) mass is 270 g/mol. The zero-order chi connectivity index (χ0) is 14.0. The molecule has 0 rings (SSSR count). The fourth-order valence-electron chi connectivity index (χ4n) is 2.47. The molecule has 0 heterocycles. The summed E-state index contributed by atoms with van der Waals surface area (Å²) in [7, 11) is -1.91. The second-order valence-corrected chi connectivity index (χ2v) is 9.59. The molecule has 0 aliphatic heterocycles. The van der Waals surface area contributed by atoms with E-state index < -0.39 is 8.32 Å². The minimum Gasteiger partial charge on any atom is -0.516 e. The predicted molar refractivity (Wildman–Crippen MR) is 81.1 cm³/mol. The zero-order valence-corrected chi connectivity index (χ0v) is 13.6. The van der Waals surface area contributed by atoms with Crippen LogP contribution in [0.25, 0.3) is 0 Å². The van der Waals surface area contributed by atoms with Crippen molar-refractivity contribution in [3.8, 4) is 0 Å². The molecular formula is C15H30O2Si. The van der Waals surface area contributed by atoms with Crippen LogP contribution in [0, 0.1) is 5.92 Å². The Balaban J connectivity index is 4.83. The third-order valence-corrected chi connectivity index (χ3v) is 7.96. The standard InChI is InChI=1S/C15H30O2Si/c1-6-9-11-18(12-10-7-2,13-14(4)5)17-15(16)8-3/h8,14H,3,6-7,9-13H2,1-2,4-5H3. The molecule has 106 valence electrons. The highest BCUT2D eigenvalue weighted by Crippen LogP contribution is 2.31. The van der Waals surface area contributed by atoms with Crippen LogP contribution >= 0.6 is 0 Å². The van der Waals surface area contributed by atoms with Gasteiger partial charge in [0.1, 0.15) is 0 Å². The van der Waals surface area contributed by atoms with Gasteiger partial charge in [-0.3, -0.25) is 0 Å². The summed E-state index contributed by atoms with van der Waals surface area (Å²) in [4.78, 5) is 11.6. The van der Waals surface area contributed by atoms with Gasteiger partial charge in [-0.2, -0.15) is 0 Å². The molecule has 2 nitrogen and oxygen atoms in total. The summed E-state index contributed by atoms with van der Waals surface area (Å²) in [6.07, 6.45) is 6.01. The molecule has 0 bridgehead atoms. The number of hydrogen-bond acceptors (Lipinski definition) is 2. The lowest BCUT2D eigenvalue weighted by molar-refractivity contribution is -0.129. The van der Waals surface area contributed by atoms with Crippen molar-refractivity contribution in [2.45, 2.75) is 71.5 Å². The minimum absolute atomic E-state index is 0.213. The Morgan fingerprint density at radius 2 is 1.72 bits per heavy atom. The predicted octanol–water partition coefficient (Wildman–Crippen LogP) is 4.92. The van der Waals surface area contributed by atoms with Crippen molar-refractivity contribution in [3.05, 3.63) is 12.7 Å². The highest BCUT2D eigenvalue weighted by molar-refractivity contribution is 6.75. The Morgan fingerprint density at radius 1 is 1.22 bits per heavy atom. The van der Waals surface area contributed by atoms with E-state index in [1.54, 1.807) is 0 Å². The van der Waals surface area contributed by atoms with Gasteiger partial charge in [-0.1, -0.05) is 60.0 Å². The number of hydrogen-bond donors (Lipinski definition) is 0. The summed E-state index contributed by atoms with van der Waals surface area (Å²) in [5.74, 6) is 0.387. The van der Waals surface area contributed by atoms with Gasteiger partial charge < -0.3 is 4.43 Å². The lowest BCUT2D eigenvalue weighted by Crippen LogP contribution is -2.41. The fourth-order valence-corrected chi connectivity index (χ4v) is 7.41. The molecule has 0 aromatic rings. The Kier molecular flexibility index (Phi) is 9.07. The summed E-state index contributed by atoms with van der Waals surface area (Å²) < 4.78 is 5.88. The maximum atomic E-state index is 11.6. The molecular weight excluding hydrogens is 240 g/mol. The number of carbonyl (C=O) groups excluding carboxylic acids is 1. The molecule has 0 radical (unpaired) electrons. The van der Waals surface area contributed by atoms with Crippen molar-refractivity contribution in [1.82, 2.24) is 0 Å². The number of unbranched alkanes of at least 4 members (excludes halogenated alkanes) is 2. The number of carbonyl (C=O) groups is 1. The molecule has 0 amide bonds. The van der Waals surface area contributed by atoms with E-state index in [1.165, 1.54) is 31.8 Å². The van der Waals surface area contributed by atoms with E-state index in [0.29, 0.717) is 5.92 Å². The maximum Gasteiger partial charge on any atom is 0.316 e. The first-order valence-corrected chi connectivity index (χ1v) is 9.88. The number of rotatable bonds is 10. The second-order valence-electron chi connectivity index (χ2n) is 5.61. The molecule has 0 saturated heterocycles. The Bertz CT molecular complexity index is 241. The fraction of sp³-hybridized carbons (Fsp3) is 0.800. The summed E-state index contributed by atoms with van der Waals surface area (Å²) >= 11 is 0. The topological polar surface area (TPSA) is 26.3 Å². The van der Waals surface area contributed by atoms with Crippen LogP contribution in [0.3, 0.4) is 0 Å². The van der Waals surface area contributed by atoms with E-state index in [-0.39, 0.29) is 5.97 Å². The van der Waals surface area contributed by atoms with Crippen LogP contribution in [0.1, 0.15) is 53.4 Å². The van der Waals surface area contributed by atoms with E-state index in [2.05, 4.69) is 34.3 Å². The van der Waals surface area contributed by atoms with Crippen molar-refractivity contribution in [2.75, 3.05) is 0 Å². The van der Waals surface area contributed by atoms with Crippen LogP contribution in [-0.4, -0.2) is 14.3 Å². The van der Waals surface area contributed by atoms with Crippen molar-refractivity contribution in [2.24, 2.45) is 5.92 Å². The summed E-state index contributed by atoms with van der Waals surface area (Å²) in [6.45, 7) is 12.4. The first-order chi connectivity index (χ1) is 8.49. The molecule has 0 saturated carbocycles. The Labute approximate surface area is 114 Å². The van der Waals surface area contributed by atoms with Crippen LogP contribution in [0.5, 0.6) is 0 Å². The van der Waals surface area contributed by atoms with Crippen LogP contribution in [0.15, 0.2) is 12.7 Å². The van der Waals surface area contributed by atoms with Crippen molar-refractivity contribution >= 4 is 14.3 Å². The molecule has 0 fully saturated rings. The summed E-state index contributed by atoms with van der Waals surface area (Å²) in [5.41, 5.74) is 0. The van der Waals surface area contributed by atoms with Crippen LogP contribution < -0.4 is 0 Å². The third kappa shape index (κ3) is 6.99. The van der Waals surface area contributed by atoms with Gasteiger partial charge in [-0.05, 0) is 24.1 Å². The Hall–Kier alpha value is -0.573. The van der Waals surface area contributed by atoms with Gasteiger partial charge in [0.15, 0.2) is 0 Å². The summed E-state index contributed by atoms with van der Waals surface area (Å²) in [5, 5.41) is 0. The highest BCUT2D eigenvalue weighted by Gasteiger charge is 2.37. The average molecular weight is 270 g/mol. The van der Waals surface area contributed by atoms with Crippen molar-refractivity contribution < 1.29 is 9.22 Å². The van der Waals surface area contributed by atoms with Gasteiger partial charge in [0.25, 0.3) is 8.32 Å². The largest absolute Gasteiger partial charge is 0.516 e. The molecule has 0 unspecified atom stereocenters. The molecule has 0 aromatic carbocycles. The Morgan fingerprint density at radius 3 is 2.06 bits per heavy atom. The SMILES string of the molecule is C=CC(=O)O[Si](CCCC)(CCCC)CC(C)C. The lowest BCUT2D eigenvalue weighted by Gasteiger charge is -2.32. The van der Waals surface area contributed by atoms with Gasteiger partial charge in [0.2, 0.25) is 0 Å². The lowest BCUT2D eigenvalue weighted by atomic mass is 10.3. The van der Waals surface area contributed by atoms with Crippen molar-refractivity contribution in [3.63, 3.8) is 0 Å². The normalized spacial score (nSPS) is 11.6. The van der Waals surface area contributed by atoms with E-state index in [0.717, 1.165) is 18.1 Å². The maximum absolute atomic E-state index is 11.6. The van der Waals surface area contributed by atoms with Gasteiger partial charge in [-0.25, -0.2) is 4.79 Å². The molecule has 18 heavy (non-hydrogen) atoms. The summed E-state index contributed by atoms with van der Waals surface area (Å²) in [6, 6.07) is 3.31. The van der Waals surface area contributed by atoms with Gasteiger partial charge in [0, 0.05) is 6.08 Å². The van der Waals surface area contributed by atoms with Gasteiger partial charge >= 0.3 is 5.97 Å². The quantitative estimate of drug-likeness (QED) is 0.416. The van der Waals surface area contributed by atoms with E-state index in [4.69, 9.17) is 4.43 Å². The minimum atomic E-state index is -1.91. The molecule has 0 spiro atoms. The molecule has 0 aliphatic carbocycles. The van der Waals surface area contributed by atoms with Crippen molar-refractivity contribution in [1.29, 1.82) is 0 Å². The highest BCUT2D eigenvalue weighted by atomic mass is 28.4.